The fourth-order valence-electron chi connectivity index (χ4n) is 2.69. The molecule has 1 aliphatic rings. The van der Waals surface area contributed by atoms with E-state index in [0.717, 1.165) is 12.1 Å². The minimum atomic E-state index is 0.0183. The first-order chi connectivity index (χ1) is 9.16. The maximum atomic E-state index is 12.6. The number of nitrogens with zero attached hydrogens (tertiary/aromatic N) is 1. The van der Waals surface area contributed by atoms with Gasteiger partial charge in [0.25, 0.3) is 5.91 Å². The van der Waals surface area contributed by atoms with E-state index in [-0.39, 0.29) is 11.9 Å². The second kappa shape index (κ2) is 4.43. The Labute approximate surface area is 112 Å². The van der Waals surface area contributed by atoms with Gasteiger partial charge in [-0.15, -0.1) is 0 Å². The third-order valence-electron chi connectivity index (χ3n) is 3.56. The van der Waals surface area contributed by atoms with Gasteiger partial charge in [-0.2, -0.15) is 0 Å². The van der Waals surface area contributed by atoms with E-state index >= 15 is 0 Å². The number of nitrogen functional groups attached to an aromatic ring is 1. The van der Waals surface area contributed by atoms with Gasteiger partial charge in [-0.25, -0.2) is 0 Å². The standard InChI is InChI=1S/C16H16N2O/c1-11-9-12-5-2-3-8-15(12)18(11)16(19)13-6-4-7-14(17)10-13/h2-8,10-11H,9,17H2,1H3/t11-/m0/s1. The molecule has 0 radical (unpaired) electrons. The molecule has 1 amide bonds. The Hall–Kier alpha value is -2.29. The zero-order valence-corrected chi connectivity index (χ0v) is 10.8. The minimum absolute atomic E-state index is 0.0183. The molecule has 3 rings (SSSR count). The number of rotatable bonds is 1. The second-order valence-electron chi connectivity index (χ2n) is 4.98. The predicted octanol–water partition coefficient (Wildman–Crippen LogP) is 2.86. The number of carbonyl (C=O) groups is 1. The lowest BCUT2D eigenvalue weighted by Crippen LogP contribution is -2.35. The third-order valence-corrected chi connectivity index (χ3v) is 3.56. The summed E-state index contributed by atoms with van der Waals surface area (Å²) in [4.78, 5) is 14.5. The maximum Gasteiger partial charge on any atom is 0.258 e. The molecule has 2 aromatic carbocycles. The Morgan fingerprint density at radius 2 is 2.00 bits per heavy atom. The highest BCUT2D eigenvalue weighted by Crippen LogP contribution is 2.33. The Bertz CT molecular complexity index is 636. The van der Waals surface area contributed by atoms with Gasteiger partial charge in [-0.3, -0.25) is 4.79 Å². The van der Waals surface area contributed by atoms with Gasteiger partial charge in [0, 0.05) is 23.0 Å². The molecule has 0 spiro atoms. The van der Waals surface area contributed by atoms with Gasteiger partial charge < -0.3 is 10.6 Å². The summed E-state index contributed by atoms with van der Waals surface area (Å²) in [5.41, 5.74) is 9.26. The topological polar surface area (TPSA) is 46.3 Å². The van der Waals surface area contributed by atoms with Crippen LogP contribution in [0.3, 0.4) is 0 Å². The van der Waals surface area contributed by atoms with Crippen LogP contribution in [0.25, 0.3) is 0 Å². The van der Waals surface area contributed by atoms with Crippen LogP contribution >= 0.6 is 0 Å². The van der Waals surface area contributed by atoms with Crippen molar-refractivity contribution in [3.8, 4) is 0 Å². The molecule has 2 N–H and O–H groups in total. The van der Waals surface area contributed by atoms with E-state index in [2.05, 4.69) is 13.0 Å². The molecule has 2 aromatic rings. The summed E-state index contributed by atoms with van der Waals surface area (Å²) in [5, 5.41) is 0. The van der Waals surface area contributed by atoms with Crippen LogP contribution in [0.2, 0.25) is 0 Å². The zero-order chi connectivity index (χ0) is 13.4. The number of para-hydroxylation sites is 1. The molecule has 0 saturated carbocycles. The van der Waals surface area contributed by atoms with Crippen LogP contribution in [0.4, 0.5) is 11.4 Å². The largest absolute Gasteiger partial charge is 0.399 e. The molecule has 3 heteroatoms. The minimum Gasteiger partial charge on any atom is -0.399 e. The van der Waals surface area contributed by atoms with E-state index in [0.29, 0.717) is 11.3 Å². The quantitative estimate of drug-likeness (QED) is 0.793. The van der Waals surface area contributed by atoms with E-state index in [9.17, 15) is 4.79 Å². The number of nitrogens with two attached hydrogens (primary N) is 1. The lowest BCUT2D eigenvalue weighted by atomic mass is 10.1. The van der Waals surface area contributed by atoms with Crippen molar-refractivity contribution in [2.75, 3.05) is 10.6 Å². The number of amides is 1. The summed E-state index contributed by atoms with van der Waals surface area (Å²) in [5.74, 6) is 0.0183. The number of carbonyl (C=O) groups excluding carboxylic acids is 1. The van der Waals surface area contributed by atoms with E-state index in [1.807, 2.05) is 35.2 Å². The van der Waals surface area contributed by atoms with E-state index in [1.54, 1.807) is 12.1 Å². The molecule has 0 bridgehead atoms. The SMILES string of the molecule is C[C@H]1Cc2ccccc2N1C(=O)c1cccc(N)c1. The zero-order valence-electron chi connectivity index (χ0n) is 10.8. The summed E-state index contributed by atoms with van der Waals surface area (Å²) in [6, 6.07) is 15.4. The highest BCUT2D eigenvalue weighted by molar-refractivity contribution is 6.08. The van der Waals surface area contributed by atoms with Gasteiger partial charge in [-0.1, -0.05) is 24.3 Å². The van der Waals surface area contributed by atoms with Gasteiger partial charge in [0.05, 0.1) is 0 Å². The fourth-order valence-corrected chi connectivity index (χ4v) is 2.69. The molecule has 1 heterocycles. The fraction of sp³-hybridized carbons (Fsp3) is 0.188. The smallest absolute Gasteiger partial charge is 0.258 e. The van der Waals surface area contributed by atoms with Crippen molar-refractivity contribution in [3.63, 3.8) is 0 Å². The molecular formula is C16H16N2O. The molecule has 19 heavy (non-hydrogen) atoms. The Kier molecular flexibility index (Phi) is 2.75. The van der Waals surface area contributed by atoms with Crippen molar-refractivity contribution in [1.29, 1.82) is 0 Å². The van der Waals surface area contributed by atoms with E-state index in [1.165, 1.54) is 5.56 Å². The van der Waals surface area contributed by atoms with Crippen LogP contribution < -0.4 is 10.6 Å². The van der Waals surface area contributed by atoms with Crippen LogP contribution in [0, 0.1) is 0 Å². The van der Waals surface area contributed by atoms with Crippen LogP contribution in [-0.2, 0) is 6.42 Å². The van der Waals surface area contributed by atoms with Gasteiger partial charge in [0.1, 0.15) is 0 Å². The number of fused-ring (bicyclic) bond motifs is 1. The molecule has 0 unspecified atom stereocenters. The van der Waals surface area contributed by atoms with Crippen molar-refractivity contribution in [2.24, 2.45) is 0 Å². The van der Waals surface area contributed by atoms with Crippen LogP contribution in [0.15, 0.2) is 48.5 Å². The van der Waals surface area contributed by atoms with Crippen molar-refractivity contribution in [3.05, 3.63) is 59.7 Å². The first kappa shape index (κ1) is 11.8. The number of hydrogen-bond acceptors (Lipinski definition) is 2. The maximum absolute atomic E-state index is 12.6. The van der Waals surface area contributed by atoms with Crippen molar-refractivity contribution < 1.29 is 4.79 Å². The van der Waals surface area contributed by atoms with Crippen molar-refractivity contribution in [2.45, 2.75) is 19.4 Å². The normalized spacial score (nSPS) is 17.3. The first-order valence-electron chi connectivity index (χ1n) is 6.44. The highest BCUT2D eigenvalue weighted by Gasteiger charge is 2.31. The molecule has 1 atom stereocenters. The van der Waals surface area contributed by atoms with Gasteiger partial charge >= 0.3 is 0 Å². The van der Waals surface area contributed by atoms with E-state index in [4.69, 9.17) is 5.73 Å². The summed E-state index contributed by atoms with van der Waals surface area (Å²) < 4.78 is 0. The van der Waals surface area contributed by atoms with Crippen molar-refractivity contribution in [1.82, 2.24) is 0 Å². The molecule has 0 saturated heterocycles. The summed E-state index contributed by atoms with van der Waals surface area (Å²) in [7, 11) is 0. The number of anilines is 2. The van der Waals surface area contributed by atoms with Crippen LogP contribution in [0.5, 0.6) is 0 Å². The van der Waals surface area contributed by atoms with Crippen LogP contribution in [0.1, 0.15) is 22.8 Å². The van der Waals surface area contributed by atoms with Gasteiger partial charge in [-0.05, 0) is 43.2 Å². The summed E-state index contributed by atoms with van der Waals surface area (Å²) in [6.45, 7) is 2.07. The highest BCUT2D eigenvalue weighted by atomic mass is 16.2. The molecule has 0 aliphatic carbocycles. The molecule has 3 nitrogen and oxygen atoms in total. The van der Waals surface area contributed by atoms with E-state index < -0.39 is 0 Å². The van der Waals surface area contributed by atoms with Gasteiger partial charge in [0.2, 0.25) is 0 Å². The average molecular weight is 252 g/mol. The predicted molar refractivity (Wildman–Crippen MR) is 77.3 cm³/mol. The molecule has 0 aromatic heterocycles. The average Bonchev–Trinajstić information content (AvgIpc) is 2.74. The molecule has 0 fully saturated rings. The van der Waals surface area contributed by atoms with Crippen molar-refractivity contribution >= 4 is 17.3 Å². The molecule has 96 valence electrons. The second-order valence-corrected chi connectivity index (χ2v) is 4.98. The monoisotopic (exact) mass is 252 g/mol. The summed E-state index contributed by atoms with van der Waals surface area (Å²) >= 11 is 0. The number of benzene rings is 2. The Morgan fingerprint density at radius 1 is 1.21 bits per heavy atom. The molecular weight excluding hydrogens is 236 g/mol. The lowest BCUT2D eigenvalue weighted by molar-refractivity contribution is 0.0981. The summed E-state index contributed by atoms with van der Waals surface area (Å²) in [6.07, 6.45) is 0.907. The molecule has 1 aliphatic heterocycles. The number of hydrogen-bond donors (Lipinski definition) is 1. The Balaban J connectivity index is 2.01. The Morgan fingerprint density at radius 3 is 2.79 bits per heavy atom. The van der Waals surface area contributed by atoms with Crippen LogP contribution in [-0.4, -0.2) is 11.9 Å². The lowest BCUT2D eigenvalue weighted by Gasteiger charge is -2.22. The van der Waals surface area contributed by atoms with Gasteiger partial charge in [0.15, 0.2) is 0 Å². The third kappa shape index (κ3) is 1.97. The first-order valence-corrected chi connectivity index (χ1v) is 6.44.